The molecular formula is C18H18N6O. The lowest BCUT2D eigenvalue weighted by molar-refractivity contribution is 0.417. The Bertz CT molecular complexity index is 921. The van der Waals surface area contributed by atoms with Crippen molar-refractivity contribution >= 4 is 23.1 Å². The number of fused-ring (bicyclic) bond motifs is 1. The van der Waals surface area contributed by atoms with Crippen molar-refractivity contribution in [1.29, 1.82) is 0 Å². The van der Waals surface area contributed by atoms with Crippen molar-refractivity contribution < 1.29 is 4.74 Å². The fourth-order valence-electron chi connectivity index (χ4n) is 2.85. The number of amidine groups is 2. The van der Waals surface area contributed by atoms with E-state index in [1.54, 1.807) is 18.0 Å². The molecule has 126 valence electrons. The Morgan fingerprint density at radius 2 is 2.12 bits per heavy atom. The van der Waals surface area contributed by atoms with Crippen LogP contribution in [-0.2, 0) is 7.05 Å². The van der Waals surface area contributed by atoms with Gasteiger partial charge in [-0.2, -0.15) is 5.10 Å². The van der Waals surface area contributed by atoms with Crippen LogP contribution in [0.15, 0.2) is 65.1 Å². The summed E-state index contributed by atoms with van der Waals surface area (Å²) in [4.78, 5) is 11.1. The summed E-state index contributed by atoms with van der Waals surface area (Å²) in [7, 11) is 3.56. The fraction of sp³-hybridized carbons (Fsp3) is 0.167. The molecule has 0 amide bonds. The number of aryl methyl sites for hydroxylation is 1. The normalized spacial score (nSPS) is 15.9. The smallest absolute Gasteiger partial charge is 0.176 e. The number of ether oxygens (including phenoxy) is 1. The minimum Gasteiger partial charge on any atom is -0.495 e. The molecular weight excluding hydrogens is 316 g/mol. The van der Waals surface area contributed by atoms with Crippen LogP contribution in [0, 0.1) is 0 Å². The first-order valence-corrected chi connectivity index (χ1v) is 7.94. The summed E-state index contributed by atoms with van der Waals surface area (Å²) in [6.45, 7) is 0.594. The molecule has 2 aliphatic rings. The number of hydrogen-bond donors (Lipinski definition) is 1. The van der Waals surface area contributed by atoms with Gasteiger partial charge in [-0.05, 0) is 18.2 Å². The van der Waals surface area contributed by atoms with Gasteiger partial charge in [-0.25, -0.2) is 4.99 Å². The van der Waals surface area contributed by atoms with Crippen molar-refractivity contribution in [3.05, 3.63) is 60.7 Å². The maximum atomic E-state index is 5.40. The Morgan fingerprint density at radius 3 is 2.92 bits per heavy atom. The van der Waals surface area contributed by atoms with Crippen molar-refractivity contribution in [2.75, 3.05) is 19.0 Å². The van der Waals surface area contributed by atoms with E-state index in [9.17, 15) is 0 Å². The van der Waals surface area contributed by atoms with Gasteiger partial charge in [0.25, 0.3) is 0 Å². The SMILES string of the molecule is COc1ccccc1NC1=NC=CN2C(c3cnn(C)c3)=CCN=C12. The molecule has 25 heavy (non-hydrogen) atoms. The highest BCUT2D eigenvalue weighted by Gasteiger charge is 2.26. The minimum absolute atomic E-state index is 0.594. The average molecular weight is 334 g/mol. The van der Waals surface area contributed by atoms with Crippen LogP contribution >= 0.6 is 0 Å². The maximum absolute atomic E-state index is 5.40. The molecule has 4 rings (SSSR count). The molecule has 1 aromatic heterocycles. The summed E-state index contributed by atoms with van der Waals surface area (Å²) in [5.41, 5.74) is 2.93. The van der Waals surface area contributed by atoms with Crippen molar-refractivity contribution in [2.24, 2.45) is 17.0 Å². The van der Waals surface area contributed by atoms with E-state index >= 15 is 0 Å². The van der Waals surface area contributed by atoms with Gasteiger partial charge in [0.15, 0.2) is 11.7 Å². The van der Waals surface area contributed by atoms with Crippen LogP contribution in [0.3, 0.4) is 0 Å². The van der Waals surface area contributed by atoms with Gasteiger partial charge in [0.05, 0.1) is 31.2 Å². The Hall–Kier alpha value is -3.35. The summed E-state index contributed by atoms with van der Waals surface area (Å²) in [6, 6.07) is 7.74. The number of hydrogen-bond acceptors (Lipinski definition) is 6. The molecule has 1 N–H and O–H groups in total. The molecule has 0 saturated heterocycles. The van der Waals surface area contributed by atoms with E-state index < -0.39 is 0 Å². The molecule has 0 spiro atoms. The van der Waals surface area contributed by atoms with Crippen LogP contribution in [0.2, 0.25) is 0 Å². The largest absolute Gasteiger partial charge is 0.495 e. The molecule has 0 aliphatic carbocycles. The maximum Gasteiger partial charge on any atom is 0.176 e. The van der Waals surface area contributed by atoms with Gasteiger partial charge in [0.2, 0.25) is 0 Å². The topological polar surface area (TPSA) is 67.0 Å². The van der Waals surface area contributed by atoms with E-state index in [4.69, 9.17) is 4.74 Å². The van der Waals surface area contributed by atoms with Crippen LogP contribution in [0.25, 0.3) is 5.70 Å². The minimum atomic E-state index is 0.594. The Balaban J connectivity index is 1.63. The number of aromatic nitrogens is 2. The lowest BCUT2D eigenvalue weighted by atomic mass is 10.1. The third kappa shape index (κ3) is 2.80. The van der Waals surface area contributed by atoms with Gasteiger partial charge < -0.3 is 10.1 Å². The first kappa shape index (κ1) is 15.2. The van der Waals surface area contributed by atoms with Crippen LogP contribution < -0.4 is 10.1 Å². The fourth-order valence-corrected chi connectivity index (χ4v) is 2.85. The molecule has 0 bridgehead atoms. The van der Waals surface area contributed by atoms with Crippen molar-refractivity contribution in [3.8, 4) is 5.75 Å². The lowest BCUT2D eigenvalue weighted by Gasteiger charge is -2.30. The average Bonchev–Trinajstić information content (AvgIpc) is 3.08. The van der Waals surface area contributed by atoms with Crippen LogP contribution in [0.4, 0.5) is 5.69 Å². The molecule has 2 aromatic rings. The number of anilines is 1. The third-order valence-electron chi connectivity index (χ3n) is 4.01. The zero-order valence-corrected chi connectivity index (χ0v) is 14.0. The van der Waals surface area contributed by atoms with Crippen molar-refractivity contribution in [1.82, 2.24) is 14.7 Å². The van der Waals surface area contributed by atoms with Gasteiger partial charge in [-0.1, -0.05) is 12.1 Å². The number of benzene rings is 1. The first-order valence-electron chi connectivity index (χ1n) is 7.94. The van der Waals surface area contributed by atoms with E-state index in [2.05, 4.69) is 26.5 Å². The molecule has 7 nitrogen and oxygen atoms in total. The zero-order valence-electron chi connectivity index (χ0n) is 14.0. The standard InChI is InChI=1S/C18H18N6O/c1-23-12-13(11-21-23)15-7-8-20-18-17(19-9-10-24(15)18)22-14-5-3-4-6-16(14)25-2/h3-7,9-12H,8H2,1-2H3,(H,19,22). The summed E-state index contributed by atoms with van der Waals surface area (Å²) in [5, 5.41) is 7.59. The summed E-state index contributed by atoms with van der Waals surface area (Å²) >= 11 is 0. The lowest BCUT2D eigenvalue weighted by Crippen LogP contribution is -2.39. The van der Waals surface area contributed by atoms with Crippen LogP contribution in [0.1, 0.15) is 5.56 Å². The van der Waals surface area contributed by atoms with E-state index in [1.165, 1.54) is 0 Å². The van der Waals surface area contributed by atoms with E-state index in [1.807, 2.05) is 54.8 Å². The van der Waals surface area contributed by atoms with Gasteiger partial charge >= 0.3 is 0 Å². The number of methoxy groups -OCH3 is 1. The van der Waals surface area contributed by atoms with E-state index in [-0.39, 0.29) is 0 Å². The van der Waals surface area contributed by atoms with E-state index in [0.29, 0.717) is 12.4 Å². The molecule has 2 aliphatic heterocycles. The molecule has 3 heterocycles. The zero-order chi connectivity index (χ0) is 17.2. The molecule has 0 saturated carbocycles. The second-order valence-corrected chi connectivity index (χ2v) is 5.63. The highest BCUT2D eigenvalue weighted by atomic mass is 16.5. The predicted octanol–water partition coefficient (Wildman–Crippen LogP) is 2.48. The molecule has 1 aromatic carbocycles. The Morgan fingerprint density at radius 1 is 1.24 bits per heavy atom. The highest BCUT2D eigenvalue weighted by molar-refractivity contribution is 6.46. The van der Waals surface area contributed by atoms with Gasteiger partial charge in [-0.15, -0.1) is 0 Å². The Labute approximate surface area is 145 Å². The summed E-state index contributed by atoms with van der Waals surface area (Å²) in [6.07, 6.45) is 9.58. The molecule has 0 radical (unpaired) electrons. The second-order valence-electron chi connectivity index (χ2n) is 5.63. The third-order valence-corrected chi connectivity index (χ3v) is 4.01. The number of rotatable bonds is 3. The second kappa shape index (κ2) is 6.27. The van der Waals surface area contributed by atoms with Crippen LogP contribution in [-0.4, -0.2) is 40.0 Å². The number of aliphatic imine (C=N–C) groups is 2. The number of nitrogens with zero attached hydrogens (tertiary/aromatic N) is 5. The van der Waals surface area contributed by atoms with Gasteiger partial charge in [-0.3, -0.25) is 14.6 Å². The van der Waals surface area contributed by atoms with Crippen molar-refractivity contribution in [3.63, 3.8) is 0 Å². The number of nitrogens with one attached hydrogen (secondary N) is 1. The van der Waals surface area contributed by atoms with Crippen molar-refractivity contribution in [2.45, 2.75) is 0 Å². The quantitative estimate of drug-likeness (QED) is 0.936. The van der Waals surface area contributed by atoms with Gasteiger partial charge in [0, 0.05) is 31.2 Å². The highest BCUT2D eigenvalue weighted by Crippen LogP contribution is 2.27. The molecule has 0 unspecified atom stereocenters. The Kier molecular flexibility index (Phi) is 3.81. The summed E-state index contributed by atoms with van der Waals surface area (Å²) in [5.74, 6) is 2.21. The molecule has 0 fully saturated rings. The molecule has 0 atom stereocenters. The predicted molar refractivity (Wildman–Crippen MR) is 98.5 cm³/mol. The monoisotopic (exact) mass is 334 g/mol. The molecule has 7 heteroatoms. The van der Waals surface area contributed by atoms with Gasteiger partial charge in [0.1, 0.15) is 5.75 Å². The van der Waals surface area contributed by atoms with E-state index in [0.717, 1.165) is 28.5 Å². The summed E-state index contributed by atoms with van der Waals surface area (Å²) < 4.78 is 7.19. The van der Waals surface area contributed by atoms with Crippen LogP contribution in [0.5, 0.6) is 5.75 Å². The number of para-hydroxylation sites is 2. The first-order chi connectivity index (χ1) is 12.3.